The van der Waals surface area contributed by atoms with Gasteiger partial charge in [0, 0.05) is 6.04 Å². The van der Waals surface area contributed by atoms with E-state index in [4.69, 9.17) is 0 Å². The SMILES string of the molecule is CC(C)CC(CC(C)C)NCC1CCSCC1. The van der Waals surface area contributed by atoms with Crippen molar-refractivity contribution < 1.29 is 0 Å². The van der Waals surface area contributed by atoms with Crippen molar-refractivity contribution in [2.75, 3.05) is 18.1 Å². The maximum Gasteiger partial charge on any atom is 0.00720 e. The first kappa shape index (κ1) is 15.4. The minimum Gasteiger partial charge on any atom is -0.314 e. The van der Waals surface area contributed by atoms with Gasteiger partial charge in [-0.3, -0.25) is 0 Å². The quantitative estimate of drug-likeness (QED) is 0.734. The zero-order valence-electron chi connectivity index (χ0n) is 12.2. The molecule has 17 heavy (non-hydrogen) atoms. The Bertz CT molecular complexity index is 175. The molecule has 1 aliphatic rings. The van der Waals surface area contributed by atoms with Crippen LogP contribution in [0.4, 0.5) is 0 Å². The fourth-order valence-electron chi connectivity index (χ4n) is 2.68. The first-order chi connectivity index (χ1) is 8.08. The molecule has 0 saturated carbocycles. The van der Waals surface area contributed by atoms with Gasteiger partial charge in [0.2, 0.25) is 0 Å². The van der Waals surface area contributed by atoms with E-state index in [0.717, 1.165) is 23.8 Å². The van der Waals surface area contributed by atoms with Crippen molar-refractivity contribution >= 4 is 11.8 Å². The van der Waals surface area contributed by atoms with Crippen LogP contribution in [0.25, 0.3) is 0 Å². The number of hydrogen-bond acceptors (Lipinski definition) is 2. The average Bonchev–Trinajstić information content (AvgIpc) is 2.26. The van der Waals surface area contributed by atoms with Crippen molar-refractivity contribution in [1.82, 2.24) is 5.32 Å². The molecule has 1 aliphatic heterocycles. The molecule has 0 aliphatic carbocycles. The Kier molecular flexibility index (Phi) is 7.61. The highest BCUT2D eigenvalue weighted by atomic mass is 32.2. The lowest BCUT2D eigenvalue weighted by Gasteiger charge is -2.27. The van der Waals surface area contributed by atoms with Crippen molar-refractivity contribution in [3.05, 3.63) is 0 Å². The zero-order chi connectivity index (χ0) is 12.7. The highest BCUT2D eigenvalue weighted by Gasteiger charge is 2.17. The second-order valence-corrected chi connectivity index (χ2v) is 7.64. The number of hydrogen-bond donors (Lipinski definition) is 1. The molecule has 0 spiro atoms. The summed E-state index contributed by atoms with van der Waals surface area (Å²) in [7, 11) is 0. The number of nitrogens with one attached hydrogen (secondary N) is 1. The minimum absolute atomic E-state index is 0.740. The van der Waals surface area contributed by atoms with Crippen LogP contribution >= 0.6 is 11.8 Å². The van der Waals surface area contributed by atoms with Gasteiger partial charge in [0.15, 0.2) is 0 Å². The fraction of sp³-hybridized carbons (Fsp3) is 1.00. The lowest BCUT2D eigenvalue weighted by atomic mass is 9.94. The van der Waals surface area contributed by atoms with Gasteiger partial charge < -0.3 is 5.32 Å². The average molecular weight is 257 g/mol. The molecule has 102 valence electrons. The molecule has 1 heterocycles. The monoisotopic (exact) mass is 257 g/mol. The molecule has 1 rings (SSSR count). The van der Waals surface area contributed by atoms with Crippen LogP contribution in [0, 0.1) is 17.8 Å². The van der Waals surface area contributed by atoms with E-state index in [0.29, 0.717) is 0 Å². The molecular formula is C15H31NS. The van der Waals surface area contributed by atoms with Crippen molar-refractivity contribution in [3.8, 4) is 0 Å². The molecule has 0 bridgehead atoms. The minimum atomic E-state index is 0.740. The van der Waals surface area contributed by atoms with Gasteiger partial charge in [-0.05, 0) is 61.5 Å². The maximum atomic E-state index is 3.84. The van der Waals surface area contributed by atoms with Crippen molar-refractivity contribution in [3.63, 3.8) is 0 Å². The zero-order valence-corrected chi connectivity index (χ0v) is 13.0. The molecule has 0 aromatic rings. The summed E-state index contributed by atoms with van der Waals surface area (Å²) in [6.45, 7) is 10.6. The Morgan fingerprint density at radius 1 is 1.00 bits per heavy atom. The van der Waals surface area contributed by atoms with Crippen LogP contribution in [0.2, 0.25) is 0 Å². The van der Waals surface area contributed by atoms with E-state index in [1.807, 2.05) is 0 Å². The third-order valence-electron chi connectivity index (χ3n) is 3.55. The Morgan fingerprint density at radius 3 is 2.00 bits per heavy atom. The van der Waals surface area contributed by atoms with E-state index in [-0.39, 0.29) is 0 Å². The largest absolute Gasteiger partial charge is 0.314 e. The van der Waals surface area contributed by atoms with Gasteiger partial charge in [-0.2, -0.15) is 11.8 Å². The molecule has 0 atom stereocenters. The molecule has 2 heteroatoms. The maximum absolute atomic E-state index is 3.84. The van der Waals surface area contributed by atoms with Crippen molar-refractivity contribution in [1.29, 1.82) is 0 Å². The van der Waals surface area contributed by atoms with Crippen LogP contribution in [0.1, 0.15) is 53.4 Å². The van der Waals surface area contributed by atoms with Gasteiger partial charge in [-0.15, -0.1) is 0 Å². The summed E-state index contributed by atoms with van der Waals surface area (Å²) in [5.74, 6) is 5.33. The Labute approximate surface area is 113 Å². The summed E-state index contributed by atoms with van der Waals surface area (Å²) in [5.41, 5.74) is 0. The van der Waals surface area contributed by atoms with Gasteiger partial charge in [0.1, 0.15) is 0 Å². The molecule has 1 N–H and O–H groups in total. The topological polar surface area (TPSA) is 12.0 Å². The summed E-state index contributed by atoms with van der Waals surface area (Å²) < 4.78 is 0. The van der Waals surface area contributed by atoms with E-state index >= 15 is 0 Å². The second kappa shape index (κ2) is 8.42. The predicted molar refractivity (Wildman–Crippen MR) is 80.7 cm³/mol. The van der Waals surface area contributed by atoms with Gasteiger partial charge in [0.05, 0.1) is 0 Å². The van der Waals surface area contributed by atoms with E-state index in [9.17, 15) is 0 Å². The predicted octanol–water partition coefficient (Wildman–Crippen LogP) is 4.18. The Balaban J connectivity index is 2.26. The van der Waals surface area contributed by atoms with Crippen LogP contribution in [0.5, 0.6) is 0 Å². The van der Waals surface area contributed by atoms with Crippen molar-refractivity contribution in [2.45, 2.75) is 59.4 Å². The molecule has 1 saturated heterocycles. The summed E-state index contributed by atoms with van der Waals surface area (Å²) in [6, 6.07) is 0.740. The summed E-state index contributed by atoms with van der Waals surface area (Å²) >= 11 is 2.13. The van der Waals surface area contributed by atoms with Gasteiger partial charge >= 0.3 is 0 Å². The molecule has 0 aromatic carbocycles. The molecule has 0 aromatic heterocycles. The molecule has 0 radical (unpaired) electrons. The van der Waals surface area contributed by atoms with E-state index in [1.165, 1.54) is 43.7 Å². The standard InChI is InChI=1S/C15H31NS/c1-12(2)9-15(10-13(3)4)16-11-14-5-7-17-8-6-14/h12-16H,5-11H2,1-4H3. The summed E-state index contributed by atoms with van der Waals surface area (Å²) in [6.07, 6.45) is 5.51. The normalized spacial score (nSPS) is 18.5. The number of rotatable bonds is 7. The van der Waals surface area contributed by atoms with Crippen LogP contribution in [0.3, 0.4) is 0 Å². The van der Waals surface area contributed by atoms with E-state index < -0.39 is 0 Å². The molecule has 0 unspecified atom stereocenters. The molecular weight excluding hydrogens is 226 g/mol. The highest BCUT2D eigenvalue weighted by Crippen LogP contribution is 2.22. The number of thioether (sulfide) groups is 1. The fourth-order valence-corrected chi connectivity index (χ4v) is 3.89. The lowest BCUT2D eigenvalue weighted by molar-refractivity contribution is 0.329. The first-order valence-corrected chi connectivity index (χ1v) is 8.54. The third-order valence-corrected chi connectivity index (χ3v) is 4.60. The summed E-state index contributed by atoms with van der Waals surface area (Å²) in [4.78, 5) is 0. The Morgan fingerprint density at radius 2 is 1.53 bits per heavy atom. The highest BCUT2D eigenvalue weighted by molar-refractivity contribution is 7.99. The van der Waals surface area contributed by atoms with Gasteiger partial charge in [-0.1, -0.05) is 27.7 Å². The summed E-state index contributed by atoms with van der Waals surface area (Å²) in [5, 5.41) is 3.84. The second-order valence-electron chi connectivity index (χ2n) is 6.42. The van der Waals surface area contributed by atoms with Gasteiger partial charge in [0.25, 0.3) is 0 Å². The lowest BCUT2D eigenvalue weighted by Crippen LogP contribution is -2.36. The third kappa shape index (κ3) is 7.35. The van der Waals surface area contributed by atoms with Crippen molar-refractivity contribution in [2.24, 2.45) is 17.8 Å². The Hall–Kier alpha value is 0.310. The van der Waals surface area contributed by atoms with E-state index in [2.05, 4.69) is 44.8 Å². The molecule has 1 nitrogen and oxygen atoms in total. The van der Waals surface area contributed by atoms with E-state index in [1.54, 1.807) is 0 Å². The molecule has 0 amide bonds. The first-order valence-electron chi connectivity index (χ1n) is 7.39. The van der Waals surface area contributed by atoms with Crippen LogP contribution in [-0.2, 0) is 0 Å². The van der Waals surface area contributed by atoms with Crippen LogP contribution in [0.15, 0.2) is 0 Å². The van der Waals surface area contributed by atoms with Crippen LogP contribution in [-0.4, -0.2) is 24.1 Å². The smallest absolute Gasteiger partial charge is 0.00720 e. The van der Waals surface area contributed by atoms with Crippen LogP contribution < -0.4 is 5.32 Å². The molecule has 1 fully saturated rings. The van der Waals surface area contributed by atoms with Gasteiger partial charge in [-0.25, -0.2) is 0 Å².